The van der Waals surface area contributed by atoms with E-state index < -0.39 is 59.2 Å². The lowest BCUT2D eigenvalue weighted by atomic mass is 9.55. The van der Waals surface area contributed by atoms with Crippen molar-refractivity contribution in [3.05, 3.63) is 215 Å². The van der Waals surface area contributed by atoms with Crippen molar-refractivity contribution >= 4 is 18.1 Å². The largest absolute Gasteiger partial charge is 0.394 e. The number of nitrogens with zero attached hydrogens (tertiary/aromatic N) is 3. The number of fused-ring (bicyclic) bond motifs is 1. The van der Waals surface area contributed by atoms with Crippen LogP contribution in [0.1, 0.15) is 33.4 Å². The van der Waals surface area contributed by atoms with Crippen LogP contribution in [0.5, 0.6) is 0 Å². The molecule has 0 aromatic heterocycles. The molecule has 6 aromatic rings. The van der Waals surface area contributed by atoms with E-state index in [4.69, 9.17) is 20.5 Å². The minimum absolute atomic E-state index is 0.0808. The molecule has 3 heterocycles. The van der Waals surface area contributed by atoms with Crippen LogP contribution in [0.15, 0.2) is 192 Å². The smallest absolute Gasteiger partial charge is 0.260 e. The Bertz CT molecular complexity index is 2250. The summed E-state index contributed by atoms with van der Waals surface area (Å²) >= 11 is 0. The number of nitrogens with two attached hydrogens (primary N) is 1. The quantitative estimate of drug-likeness (QED) is 0.127. The van der Waals surface area contributed by atoms with Crippen molar-refractivity contribution in [3.63, 3.8) is 0 Å². The molecule has 0 saturated carbocycles. The maximum atomic E-state index is 16.3. The van der Waals surface area contributed by atoms with Gasteiger partial charge in [-0.3, -0.25) is 15.4 Å². The van der Waals surface area contributed by atoms with Crippen LogP contribution in [-0.2, 0) is 20.4 Å². The highest BCUT2D eigenvalue weighted by Gasteiger charge is 2.72. The number of aliphatic hydroxyl groups excluding tert-OH is 3. The molecule has 290 valence electrons. The maximum Gasteiger partial charge on any atom is 0.260 e. The highest BCUT2D eigenvalue weighted by molar-refractivity contribution is 6.23. The molecule has 1 fully saturated rings. The number of hydrogen-bond donors (Lipinski definition) is 5. The standard InChI is InChI=1S/C48H43N5O5/c49-48(46(36-25-13-4-14-26-36,37-27-15-5-16-28-37)38-29-17-6-18-30-38)51-43-47(44(57)52-48,50-32-53(43)42-41(56)40(55)39(31-54)58-42)45(33-19-7-1-8-20-33,34-21-9-2-10-22-34)35-23-11-3-12-24-35/h1-30,32,39-42,54-56H,31,49H2,(H,52,57)/t39-,40?,41?,42-,47?,48?/m1/s1. The monoisotopic (exact) mass is 769 g/mol. The van der Waals surface area contributed by atoms with Crippen molar-refractivity contribution in [2.75, 3.05) is 6.61 Å². The first-order valence-corrected chi connectivity index (χ1v) is 19.3. The Morgan fingerprint density at radius 2 is 0.966 bits per heavy atom. The molecule has 0 radical (unpaired) electrons. The van der Waals surface area contributed by atoms with Gasteiger partial charge >= 0.3 is 0 Å². The van der Waals surface area contributed by atoms with Crippen LogP contribution < -0.4 is 11.1 Å². The minimum atomic E-state index is -1.98. The number of aliphatic imine (C=N–C) groups is 2. The van der Waals surface area contributed by atoms with Gasteiger partial charge in [0.1, 0.15) is 23.7 Å². The highest BCUT2D eigenvalue weighted by Crippen LogP contribution is 2.56. The molecular formula is C48H43N5O5. The van der Waals surface area contributed by atoms with Gasteiger partial charge in [-0.25, -0.2) is 9.98 Å². The van der Waals surface area contributed by atoms with E-state index in [2.05, 4.69) is 5.32 Å². The van der Waals surface area contributed by atoms with Gasteiger partial charge in [-0.1, -0.05) is 182 Å². The first-order chi connectivity index (χ1) is 28.3. The van der Waals surface area contributed by atoms with Crippen LogP contribution in [0.2, 0.25) is 0 Å². The van der Waals surface area contributed by atoms with Crippen molar-refractivity contribution in [2.24, 2.45) is 15.7 Å². The van der Waals surface area contributed by atoms with Gasteiger partial charge in [-0.2, -0.15) is 0 Å². The van der Waals surface area contributed by atoms with Crippen molar-refractivity contribution < 1.29 is 24.9 Å². The summed E-state index contributed by atoms with van der Waals surface area (Å²) in [6.45, 7) is -0.556. The molecule has 0 aliphatic carbocycles. The van der Waals surface area contributed by atoms with Crippen molar-refractivity contribution in [1.82, 2.24) is 10.2 Å². The van der Waals surface area contributed by atoms with Crippen molar-refractivity contribution in [2.45, 2.75) is 46.7 Å². The SMILES string of the molecule is NC1(C(c2ccccc2)(c2ccccc2)c2ccccc2)N=C2N([C@@H]3O[C@H](CO)C(O)C3O)C=NC2(C(c2ccccc2)(c2ccccc2)c2ccccc2)C(=O)N1. The van der Waals surface area contributed by atoms with E-state index in [-0.39, 0.29) is 5.84 Å². The summed E-state index contributed by atoms with van der Waals surface area (Å²) < 4.78 is 6.22. The first kappa shape index (κ1) is 37.3. The summed E-state index contributed by atoms with van der Waals surface area (Å²) in [6, 6.07) is 58.3. The fourth-order valence-corrected chi connectivity index (χ4v) is 9.53. The molecule has 6 N–H and O–H groups in total. The Morgan fingerprint density at radius 3 is 1.31 bits per heavy atom. The van der Waals surface area contributed by atoms with Crippen LogP contribution in [0.4, 0.5) is 0 Å². The Kier molecular flexibility index (Phi) is 9.39. The zero-order valence-corrected chi connectivity index (χ0v) is 31.5. The fourth-order valence-electron chi connectivity index (χ4n) is 9.53. The lowest BCUT2D eigenvalue weighted by Gasteiger charge is -2.55. The zero-order valence-electron chi connectivity index (χ0n) is 31.5. The number of amides is 1. The predicted molar refractivity (Wildman–Crippen MR) is 222 cm³/mol. The third-order valence-electron chi connectivity index (χ3n) is 12.0. The number of nitrogens with one attached hydrogen (secondary N) is 1. The van der Waals surface area contributed by atoms with E-state index in [9.17, 15) is 15.3 Å². The summed E-state index contributed by atoms with van der Waals surface area (Å²) in [5.41, 5.74) is 7.63. The Hall–Kier alpha value is -6.27. The molecule has 1 amide bonds. The Balaban J connectivity index is 1.43. The van der Waals surface area contributed by atoms with Gasteiger partial charge in [0.25, 0.3) is 5.91 Å². The Morgan fingerprint density at radius 1 is 0.603 bits per heavy atom. The van der Waals surface area contributed by atoms with Gasteiger partial charge in [-0.15, -0.1) is 0 Å². The summed E-state index contributed by atoms with van der Waals surface area (Å²) in [6.07, 6.45) is -3.96. The summed E-state index contributed by atoms with van der Waals surface area (Å²) in [5, 5.41) is 36.3. The van der Waals surface area contributed by atoms with Crippen molar-refractivity contribution in [1.29, 1.82) is 0 Å². The van der Waals surface area contributed by atoms with Gasteiger partial charge in [0.15, 0.2) is 12.1 Å². The van der Waals surface area contributed by atoms with Crippen LogP contribution in [0.3, 0.4) is 0 Å². The molecule has 0 bridgehead atoms. The zero-order chi connectivity index (χ0) is 40.0. The highest BCUT2D eigenvalue weighted by atomic mass is 16.6. The van der Waals surface area contributed by atoms with Gasteiger partial charge in [0.05, 0.1) is 18.4 Å². The van der Waals surface area contributed by atoms with Crippen LogP contribution in [-0.4, -0.2) is 80.8 Å². The molecule has 10 heteroatoms. The second kappa shape index (κ2) is 14.6. The molecule has 6 atom stereocenters. The average molecular weight is 770 g/mol. The molecule has 58 heavy (non-hydrogen) atoms. The van der Waals surface area contributed by atoms with Crippen LogP contribution in [0.25, 0.3) is 0 Å². The number of ether oxygens (including phenoxy) is 1. The third-order valence-corrected chi connectivity index (χ3v) is 12.0. The Labute approximate surface area is 336 Å². The number of benzene rings is 6. The minimum Gasteiger partial charge on any atom is -0.394 e. The van der Waals surface area contributed by atoms with E-state index in [0.29, 0.717) is 0 Å². The van der Waals surface area contributed by atoms with E-state index in [1.807, 2.05) is 182 Å². The van der Waals surface area contributed by atoms with Gasteiger partial charge in [-0.05, 0) is 33.4 Å². The van der Waals surface area contributed by atoms with Gasteiger partial charge in [0.2, 0.25) is 11.3 Å². The van der Waals surface area contributed by atoms with Gasteiger partial charge < -0.3 is 25.4 Å². The average Bonchev–Trinajstić information content (AvgIpc) is 3.79. The number of rotatable bonds is 10. The molecule has 4 unspecified atom stereocenters. The fraction of sp³-hybridized carbons (Fsp3) is 0.188. The lowest BCUT2D eigenvalue weighted by Crippen LogP contribution is -2.78. The molecule has 0 spiro atoms. The van der Waals surface area contributed by atoms with Crippen molar-refractivity contribution in [3.8, 4) is 0 Å². The third kappa shape index (κ3) is 5.27. The normalized spacial score (nSPS) is 25.6. The summed E-state index contributed by atoms with van der Waals surface area (Å²) in [4.78, 5) is 28.7. The molecule has 10 nitrogen and oxygen atoms in total. The van der Waals surface area contributed by atoms with E-state index >= 15 is 4.79 Å². The number of hydrogen-bond acceptors (Lipinski definition) is 9. The second-order valence-corrected chi connectivity index (χ2v) is 14.9. The van der Waals surface area contributed by atoms with E-state index in [1.165, 1.54) is 11.2 Å². The first-order valence-electron chi connectivity index (χ1n) is 19.3. The predicted octanol–water partition coefficient (Wildman–Crippen LogP) is 4.72. The number of aliphatic hydroxyl groups is 3. The number of amidine groups is 1. The summed E-state index contributed by atoms with van der Waals surface area (Å²) in [5.74, 6) is -2.46. The topological polar surface area (TPSA) is 153 Å². The molecular weight excluding hydrogens is 727 g/mol. The number of carbonyl (C=O) groups excluding carboxylic acids is 1. The summed E-state index contributed by atoms with van der Waals surface area (Å²) in [7, 11) is 0. The molecule has 3 aliphatic rings. The van der Waals surface area contributed by atoms with Crippen LogP contribution in [0, 0.1) is 0 Å². The number of carbonyl (C=O) groups is 1. The lowest BCUT2D eigenvalue weighted by molar-refractivity contribution is -0.129. The van der Waals surface area contributed by atoms with E-state index in [1.54, 1.807) is 0 Å². The van der Waals surface area contributed by atoms with E-state index in [0.717, 1.165) is 33.4 Å². The molecule has 6 aromatic carbocycles. The second-order valence-electron chi connectivity index (χ2n) is 14.9. The maximum absolute atomic E-state index is 16.3. The molecule has 1 saturated heterocycles. The van der Waals surface area contributed by atoms with Crippen LogP contribution >= 0.6 is 0 Å². The van der Waals surface area contributed by atoms with Gasteiger partial charge in [0, 0.05) is 0 Å². The molecule has 9 rings (SSSR count). The molecule has 3 aliphatic heterocycles.